The van der Waals surface area contributed by atoms with Gasteiger partial charge in [-0.25, -0.2) is 0 Å². The first-order chi connectivity index (χ1) is 6.33. The zero-order valence-corrected chi connectivity index (χ0v) is 8.06. The molecular formula is C9H12N2OS. The van der Waals surface area contributed by atoms with Crippen molar-refractivity contribution in [3.8, 4) is 0 Å². The number of hydrogen-bond donors (Lipinski definition) is 2. The lowest BCUT2D eigenvalue weighted by atomic mass is 9.87. The third kappa shape index (κ3) is 1.16. The summed E-state index contributed by atoms with van der Waals surface area (Å²) in [6.45, 7) is 0. The lowest BCUT2D eigenvalue weighted by Crippen LogP contribution is -2.14. The van der Waals surface area contributed by atoms with E-state index in [-0.39, 0.29) is 0 Å². The molecule has 3 rings (SSSR count). The molecule has 2 aliphatic heterocycles. The molecule has 3 atom stereocenters. The SMILES string of the molecule is S=c1[nH]cc(C2CC3CCC2O3)[nH]1. The molecule has 2 saturated heterocycles. The fraction of sp³-hybridized carbons (Fsp3) is 0.667. The number of H-pyrrole nitrogens is 2. The summed E-state index contributed by atoms with van der Waals surface area (Å²) < 4.78 is 6.50. The Morgan fingerprint density at radius 1 is 1.46 bits per heavy atom. The second-order valence-electron chi connectivity index (χ2n) is 3.91. The van der Waals surface area contributed by atoms with Gasteiger partial charge < -0.3 is 14.7 Å². The molecule has 0 amide bonds. The third-order valence-corrected chi connectivity index (χ3v) is 3.34. The molecular weight excluding hydrogens is 184 g/mol. The van der Waals surface area contributed by atoms with Gasteiger partial charge in [0.25, 0.3) is 0 Å². The monoisotopic (exact) mass is 196 g/mol. The van der Waals surface area contributed by atoms with E-state index in [0.29, 0.717) is 18.1 Å². The Morgan fingerprint density at radius 3 is 2.92 bits per heavy atom. The maximum Gasteiger partial charge on any atom is 0.174 e. The molecule has 2 N–H and O–H groups in total. The number of fused-ring (bicyclic) bond motifs is 2. The largest absolute Gasteiger partial charge is 0.374 e. The van der Waals surface area contributed by atoms with Gasteiger partial charge in [0.05, 0.1) is 12.2 Å². The summed E-state index contributed by atoms with van der Waals surface area (Å²) in [4.78, 5) is 6.19. The van der Waals surface area contributed by atoms with Gasteiger partial charge >= 0.3 is 0 Å². The maximum absolute atomic E-state index is 5.78. The van der Waals surface area contributed by atoms with Crippen LogP contribution in [0.25, 0.3) is 0 Å². The van der Waals surface area contributed by atoms with Crippen LogP contribution in [-0.2, 0) is 4.74 Å². The van der Waals surface area contributed by atoms with Crippen molar-refractivity contribution < 1.29 is 4.74 Å². The van der Waals surface area contributed by atoms with E-state index in [9.17, 15) is 0 Å². The molecule has 0 radical (unpaired) electrons. The van der Waals surface area contributed by atoms with Crippen molar-refractivity contribution in [3.63, 3.8) is 0 Å². The van der Waals surface area contributed by atoms with Gasteiger partial charge in [0, 0.05) is 17.8 Å². The normalized spacial score (nSPS) is 37.1. The van der Waals surface area contributed by atoms with Crippen LogP contribution >= 0.6 is 12.2 Å². The van der Waals surface area contributed by atoms with Gasteiger partial charge in [-0.2, -0.15) is 0 Å². The molecule has 3 heterocycles. The maximum atomic E-state index is 5.78. The summed E-state index contributed by atoms with van der Waals surface area (Å²) in [5, 5.41) is 0. The van der Waals surface area contributed by atoms with E-state index in [1.807, 2.05) is 6.20 Å². The Balaban J connectivity index is 1.91. The van der Waals surface area contributed by atoms with Gasteiger partial charge in [-0.3, -0.25) is 0 Å². The number of ether oxygens (including phenoxy) is 1. The minimum absolute atomic E-state index is 0.437. The van der Waals surface area contributed by atoms with Gasteiger partial charge in [0.2, 0.25) is 0 Å². The minimum Gasteiger partial charge on any atom is -0.374 e. The molecule has 3 unspecified atom stereocenters. The smallest absolute Gasteiger partial charge is 0.174 e. The highest BCUT2D eigenvalue weighted by atomic mass is 32.1. The van der Waals surface area contributed by atoms with Crippen LogP contribution in [0.2, 0.25) is 0 Å². The zero-order chi connectivity index (χ0) is 8.84. The molecule has 0 saturated carbocycles. The summed E-state index contributed by atoms with van der Waals surface area (Å²) in [7, 11) is 0. The molecule has 2 aliphatic rings. The Labute approximate surface area is 81.5 Å². The van der Waals surface area contributed by atoms with Gasteiger partial charge in [-0.05, 0) is 31.5 Å². The summed E-state index contributed by atoms with van der Waals surface area (Å²) in [5.41, 5.74) is 1.22. The number of rotatable bonds is 1. The van der Waals surface area contributed by atoms with E-state index >= 15 is 0 Å². The van der Waals surface area contributed by atoms with Crippen LogP contribution in [0.5, 0.6) is 0 Å². The van der Waals surface area contributed by atoms with Crippen molar-refractivity contribution in [2.75, 3.05) is 0 Å². The van der Waals surface area contributed by atoms with Crippen LogP contribution < -0.4 is 0 Å². The first-order valence-electron chi connectivity index (χ1n) is 4.76. The molecule has 2 fully saturated rings. The molecule has 0 spiro atoms. The molecule has 1 aromatic rings. The number of imidazole rings is 1. The predicted octanol–water partition coefficient (Wildman–Crippen LogP) is 2.11. The summed E-state index contributed by atoms with van der Waals surface area (Å²) in [6.07, 6.45) is 6.54. The molecule has 0 aromatic carbocycles. The first kappa shape index (κ1) is 7.76. The van der Waals surface area contributed by atoms with Crippen molar-refractivity contribution in [3.05, 3.63) is 16.7 Å². The zero-order valence-electron chi connectivity index (χ0n) is 7.25. The van der Waals surface area contributed by atoms with Crippen LogP contribution in [0, 0.1) is 4.77 Å². The molecule has 4 heteroatoms. The predicted molar refractivity (Wildman–Crippen MR) is 51.2 cm³/mol. The number of aromatic nitrogens is 2. The molecule has 2 bridgehead atoms. The van der Waals surface area contributed by atoms with Crippen LogP contribution in [0.4, 0.5) is 0 Å². The minimum atomic E-state index is 0.437. The average Bonchev–Trinajstić information content (AvgIpc) is 2.77. The van der Waals surface area contributed by atoms with Crippen molar-refractivity contribution >= 4 is 12.2 Å². The quantitative estimate of drug-likeness (QED) is 0.675. The van der Waals surface area contributed by atoms with E-state index in [2.05, 4.69) is 9.97 Å². The van der Waals surface area contributed by atoms with E-state index < -0.39 is 0 Å². The highest BCUT2D eigenvalue weighted by Gasteiger charge is 2.41. The molecule has 0 aliphatic carbocycles. The highest BCUT2D eigenvalue weighted by molar-refractivity contribution is 7.71. The topological polar surface area (TPSA) is 40.8 Å². The Hall–Kier alpha value is -0.610. The first-order valence-corrected chi connectivity index (χ1v) is 5.17. The Morgan fingerprint density at radius 2 is 2.38 bits per heavy atom. The standard InChI is InChI=1S/C9H12N2OS/c13-9-10-4-7(11-9)6-3-5-1-2-8(6)12-5/h4-6,8H,1-3H2,(H2,10,11,13). The second-order valence-corrected chi connectivity index (χ2v) is 4.32. The van der Waals surface area contributed by atoms with Gasteiger partial charge in [-0.1, -0.05) is 0 Å². The number of hydrogen-bond acceptors (Lipinski definition) is 2. The lowest BCUT2D eigenvalue weighted by Gasteiger charge is -2.16. The second kappa shape index (κ2) is 2.69. The van der Waals surface area contributed by atoms with E-state index in [1.54, 1.807) is 0 Å². The molecule has 3 nitrogen and oxygen atoms in total. The highest BCUT2D eigenvalue weighted by Crippen LogP contribution is 2.43. The molecule has 70 valence electrons. The lowest BCUT2D eigenvalue weighted by molar-refractivity contribution is 0.100. The van der Waals surface area contributed by atoms with Crippen LogP contribution in [-0.4, -0.2) is 22.2 Å². The molecule has 13 heavy (non-hydrogen) atoms. The van der Waals surface area contributed by atoms with Crippen molar-refractivity contribution in [2.24, 2.45) is 0 Å². The Bertz CT molecular complexity index is 370. The summed E-state index contributed by atoms with van der Waals surface area (Å²) in [6, 6.07) is 0. The van der Waals surface area contributed by atoms with Crippen molar-refractivity contribution in [1.29, 1.82) is 0 Å². The fourth-order valence-electron chi connectivity index (χ4n) is 2.51. The number of aromatic amines is 2. The van der Waals surface area contributed by atoms with E-state index in [0.717, 1.165) is 11.2 Å². The Kier molecular flexibility index (Phi) is 1.60. The van der Waals surface area contributed by atoms with Crippen LogP contribution in [0.1, 0.15) is 30.9 Å². The summed E-state index contributed by atoms with van der Waals surface area (Å²) in [5.74, 6) is 0.548. The van der Waals surface area contributed by atoms with Crippen molar-refractivity contribution in [2.45, 2.75) is 37.4 Å². The van der Waals surface area contributed by atoms with Crippen molar-refractivity contribution in [1.82, 2.24) is 9.97 Å². The average molecular weight is 196 g/mol. The van der Waals surface area contributed by atoms with E-state index in [1.165, 1.54) is 18.5 Å². The molecule has 1 aromatic heterocycles. The fourth-order valence-corrected chi connectivity index (χ4v) is 2.69. The van der Waals surface area contributed by atoms with Gasteiger partial charge in [-0.15, -0.1) is 0 Å². The van der Waals surface area contributed by atoms with E-state index in [4.69, 9.17) is 17.0 Å². The number of nitrogens with one attached hydrogen (secondary N) is 2. The third-order valence-electron chi connectivity index (χ3n) is 3.12. The van der Waals surface area contributed by atoms with Gasteiger partial charge in [0.15, 0.2) is 4.77 Å². The van der Waals surface area contributed by atoms with Gasteiger partial charge in [0.1, 0.15) is 0 Å². The van der Waals surface area contributed by atoms with Crippen LogP contribution in [0.15, 0.2) is 6.20 Å². The van der Waals surface area contributed by atoms with Crippen LogP contribution in [0.3, 0.4) is 0 Å². The summed E-state index contributed by atoms with van der Waals surface area (Å²) >= 11 is 5.00.